The van der Waals surface area contributed by atoms with Crippen molar-refractivity contribution >= 4 is 0 Å². The van der Waals surface area contributed by atoms with Gasteiger partial charge in [0.25, 0.3) is 0 Å². The zero-order chi connectivity index (χ0) is 13.8. The molecule has 19 heavy (non-hydrogen) atoms. The van der Waals surface area contributed by atoms with Crippen molar-refractivity contribution in [2.24, 2.45) is 11.7 Å². The van der Waals surface area contributed by atoms with Gasteiger partial charge < -0.3 is 10.5 Å². The van der Waals surface area contributed by atoms with E-state index in [0.717, 1.165) is 32.0 Å². The van der Waals surface area contributed by atoms with Gasteiger partial charge in [0, 0.05) is 19.1 Å². The van der Waals surface area contributed by atoms with Crippen LogP contribution in [-0.2, 0) is 0 Å². The van der Waals surface area contributed by atoms with Crippen molar-refractivity contribution in [3.63, 3.8) is 0 Å². The van der Waals surface area contributed by atoms with Gasteiger partial charge in [-0.2, -0.15) is 0 Å². The van der Waals surface area contributed by atoms with Crippen LogP contribution in [0.2, 0.25) is 0 Å². The van der Waals surface area contributed by atoms with Crippen LogP contribution in [0.1, 0.15) is 24.5 Å². The second kappa shape index (κ2) is 6.40. The molecule has 2 atom stereocenters. The van der Waals surface area contributed by atoms with E-state index in [1.165, 1.54) is 17.5 Å². The molecule has 1 aliphatic rings. The summed E-state index contributed by atoms with van der Waals surface area (Å²) < 4.78 is 5.85. The highest BCUT2D eigenvalue weighted by Gasteiger charge is 2.24. The van der Waals surface area contributed by atoms with E-state index < -0.39 is 0 Å². The summed E-state index contributed by atoms with van der Waals surface area (Å²) in [6.45, 7) is 10.3. The smallest absolute Gasteiger partial charge is 0.119 e. The summed E-state index contributed by atoms with van der Waals surface area (Å²) in [7, 11) is 0. The van der Waals surface area contributed by atoms with E-state index in [1.54, 1.807) is 0 Å². The first kappa shape index (κ1) is 14.4. The monoisotopic (exact) mass is 262 g/mol. The molecular formula is C16H26N2O. The van der Waals surface area contributed by atoms with Crippen LogP contribution < -0.4 is 10.5 Å². The van der Waals surface area contributed by atoms with Gasteiger partial charge in [-0.25, -0.2) is 0 Å². The molecule has 0 spiro atoms. The highest BCUT2D eigenvalue weighted by Crippen LogP contribution is 2.19. The Morgan fingerprint density at radius 1 is 1.32 bits per heavy atom. The molecule has 0 radical (unpaired) electrons. The Kier molecular flexibility index (Phi) is 4.83. The second-order valence-electron chi connectivity index (χ2n) is 5.88. The molecule has 0 amide bonds. The molecule has 1 fully saturated rings. The summed E-state index contributed by atoms with van der Waals surface area (Å²) >= 11 is 0. The van der Waals surface area contributed by atoms with Gasteiger partial charge in [-0.1, -0.05) is 6.07 Å². The minimum absolute atomic E-state index is 0.311. The molecule has 1 heterocycles. The number of hydrogen-bond acceptors (Lipinski definition) is 3. The average molecular weight is 262 g/mol. The quantitative estimate of drug-likeness (QED) is 0.885. The first-order chi connectivity index (χ1) is 9.04. The Hall–Kier alpha value is -1.06. The number of benzene rings is 1. The molecule has 1 aromatic rings. The summed E-state index contributed by atoms with van der Waals surface area (Å²) in [6, 6.07) is 6.68. The van der Waals surface area contributed by atoms with Crippen LogP contribution in [0.15, 0.2) is 18.2 Å². The van der Waals surface area contributed by atoms with Crippen molar-refractivity contribution < 1.29 is 4.74 Å². The fourth-order valence-corrected chi connectivity index (χ4v) is 2.80. The third kappa shape index (κ3) is 4.22. The van der Waals surface area contributed by atoms with Crippen LogP contribution in [-0.4, -0.2) is 37.2 Å². The highest BCUT2D eigenvalue weighted by molar-refractivity contribution is 5.32. The second-order valence-corrected chi connectivity index (χ2v) is 5.88. The molecule has 1 aromatic carbocycles. The number of ether oxygens (including phenoxy) is 1. The van der Waals surface area contributed by atoms with E-state index in [1.807, 2.05) is 0 Å². The zero-order valence-electron chi connectivity index (χ0n) is 12.4. The molecule has 1 aliphatic heterocycles. The average Bonchev–Trinajstić information content (AvgIpc) is 2.76. The van der Waals surface area contributed by atoms with Crippen molar-refractivity contribution in [3.05, 3.63) is 29.3 Å². The van der Waals surface area contributed by atoms with Crippen LogP contribution in [0.5, 0.6) is 5.75 Å². The van der Waals surface area contributed by atoms with Gasteiger partial charge in [-0.15, -0.1) is 0 Å². The lowest BCUT2D eigenvalue weighted by Crippen LogP contribution is -2.31. The Balaban J connectivity index is 1.75. The number of nitrogens with zero attached hydrogens (tertiary/aromatic N) is 1. The Morgan fingerprint density at radius 2 is 2.00 bits per heavy atom. The van der Waals surface area contributed by atoms with Gasteiger partial charge in [0.1, 0.15) is 12.4 Å². The van der Waals surface area contributed by atoms with Gasteiger partial charge in [-0.3, -0.25) is 4.90 Å². The van der Waals surface area contributed by atoms with Gasteiger partial charge in [0.2, 0.25) is 0 Å². The highest BCUT2D eigenvalue weighted by atomic mass is 16.5. The standard InChI is InChI=1S/C16H26N2O/c1-12-8-13(2)10-16(9-12)19-7-6-18-5-4-15(11-18)14(3)17/h8-10,14-15H,4-7,11,17H2,1-3H3. The van der Waals surface area contributed by atoms with Crippen molar-refractivity contribution in [2.45, 2.75) is 33.2 Å². The van der Waals surface area contributed by atoms with Gasteiger partial charge >= 0.3 is 0 Å². The Morgan fingerprint density at radius 3 is 2.58 bits per heavy atom. The van der Waals surface area contributed by atoms with E-state index in [0.29, 0.717) is 12.0 Å². The largest absolute Gasteiger partial charge is 0.492 e. The number of likely N-dealkylation sites (tertiary alicyclic amines) is 1. The molecule has 106 valence electrons. The van der Waals surface area contributed by atoms with Crippen molar-refractivity contribution in [1.29, 1.82) is 0 Å². The van der Waals surface area contributed by atoms with E-state index >= 15 is 0 Å². The third-order valence-corrected chi connectivity index (χ3v) is 3.92. The topological polar surface area (TPSA) is 38.5 Å². The summed E-state index contributed by atoms with van der Waals surface area (Å²) in [4.78, 5) is 2.46. The molecule has 3 heteroatoms. The Bertz CT molecular complexity index is 397. The zero-order valence-corrected chi connectivity index (χ0v) is 12.4. The first-order valence-corrected chi connectivity index (χ1v) is 7.23. The normalized spacial score (nSPS) is 21.6. The lowest BCUT2D eigenvalue weighted by Gasteiger charge is -2.18. The predicted molar refractivity (Wildman–Crippen MR) is 79.6 cm³/mol. The number of aryl methyl sites for hydroxylation is 2. The fraction of sp³-hybridized carbons (Fsp3) is 0.625. The van der Waals surface area contributed by atoms with Crippen LogP contribution >= 0.6 is 0 Å². The minimum atomic E-state index is 0.311. The van der Waals surface area contributed by atoms with Crippen LogP contribution in [0.3, 0.4) is 0 Å². The van der Waals surface area contributed by atoms with Crippen molar-refractivity contribution in [3.8, 4) is 5.75 Å². The molecule has 0 aliphatic carbocycles. The SMILES string of the molecule is Cc1cc(C)cc(OCCN2CCC(C(C)N)C2)c1. The summed E-state index contributed by atoms with van der Waals surface area (Å²) in [5, 5.41) is 0. The number of hydrogen-bond donors (Lipinski definition) is 1. The maximum atomic E-state index is 5.96. The van der Waals surface area contributed by atoms with Gasteiger partial charge in [-0.05, 0) is 62.9 Å². The number of nitrogens with two attached hydrogens (primary N) is 1. The first-order valence-electron chi connectivity index (χ1n) is 7.23. The van der Waals surface area contributed by atoms with E-state index in [9.17, 15) is 0 Å². The van der Waals surface area contributed by atoms with Crippen molar-refractivity contribution in [1.82, 2.24) is 4.90 Å². The van der Waals surface area contributed by atoms with Crippen molar-refractivity contribution in [2.75, 3.05) is 26.2 Å². The van der Waals surface area contributed by atoms with E-state index in [2.05, 4.69) is 43.9 Å². The molecular weight excluding hydrogens is 236 g/mol. The maximum Gasteiger partial charge on any atom is 0.119 e. The van der Waals surface area contributed by atoms with Gasteiger partial charge in [0.15, 0.2) is 0 Å². The number of rotatable bonds is 5. The molecule has 1 saturated heterocycles. The molecule has 3 nitrogen and oxygen atoms in total. The minimum Gasteiger partial charge on any atom is -0.492 e. The van der Waals surface area contributed by atoms with Crippen LogP contribution in [0.25, 0.3) is 0 Å². The van der Waals surface area contributed by atoms with E-state index in [-0.39, 0.29) is 0 Å². The summed E-state index contributed by atoms with van der Waals surface area (Å²) in [5.74, 6) is 1.64. The maximum absolute atomic E-state index is 5.96. The molecule has 2 rings (SSSR count). The molecule has 2 N–H and O–H groups in total. The third-order valence-electron chi connectivity index (χ3n) is 3.92. The molecule has 0 aromatic heterocycles. The van der Waals surface area contributed by atoms with Crippen LogP contribution in [0.4, 0.5) is 0 Å². The molecule has 0 saturated carbocycles. The lowest BCUT2D eigenvalue weighted by molar-refractivity contribution is 0.230. The van der Waals surface area contributed by atoms with E-state index in [4.69, 9.17) is 10.5 Å². The summed E-state index contributed by atoms with van der Waals surface area (Å²) in [6.07, 6.45) is 1.22. The molecule has 2 unspecified atom stereocenters. The predicted octanol–water partition coefficient (Wildman–Crippen LogP) is 2.35. The van der Waals surface area contributed by atoms with Gasteiger partial charge in [0.05, 0.1) is 0 Å². The molecule has 0 bridgehead atoms. The van der Waals surface area contributed by atoms with Crippen LogP contribution in [0, 0.1) is 19.8 Å². The Labute approximate surface area is 116 Å². The lowest BCUT2D eigenvalue weighted by atomic mass is 10.0. The summed E-state index contributed by atoms with van der Waals surface area (Å²) in [5.41, 5.74) is 8.47. The fourth-order valence-electron chi connectivity index (χ4n) is 2.80.